The summed E-state index contributed by atoms with van der Waals surface area (Å²) in [5.74, 6) is -0.996. The van der Waals surface area contributed by atoms with E-state index >= 15 is 0 Å². The predicted octanol–water partition coefficient (Wildman–Crippen LogP) is 1.95. The number of carbonyl (C=O) groups is 4. The highest BCUT2D eigenvalue weighted by molar-refractivity contribution is 7.11. The summed E-state index contributed by atoms with van der Waals surface area (Å²) in [6.45, 7) is 4.46. The molecule has 0 radical (unpaired) electrons. The molecule has 4 rings (SSSR count). The Balaban J connectivity index is 1.34. The number of rotatable bonds is 5. The summed E-state index contributed by atoms with van der Waals surface area (Å²) < 4.78 is 5.25. The SMILES string of the molecule is Cc1nc(C)c(COC(=O)NCc2ccc3c(c2)C(=O)N(C2CCC(=O)NC2=O)C3)s1. The molecule has 1 saturated heterocycles. The number of piperidine rings is 1. The van der Waals surface area contributed by atoms with Crippen molar-refractivity contribution in [3.8, 4) is 0 Å². The minimum absolute atomic E-state index is 0.159. The van der Waals surface area contributed by atoms with Gasteiger partial charge in [0.25, 0.3) is 5.91 Å². The van der Waals surface area contributed by atoms with Crippen LogP contribution in [-0.4, -0.2) is 39.7 Å². The number of carbonyl (C=O) groups excluding carboxylic acids is 4. The van der Waals surface area contributed by atoms with Gasteiger partial charge in [0.05, 0.1) is 15.6 Å². The molecule has 31 heavy (non-hydrogen) atoms. The van der Waals surface area contributed by atoms with Crippen LogP contribution in [0, 0.1) is 13.8 Å². The third-order valence-electron chi connectivity index (χ3n) is 5.36. The molecule has 1 atom stereocenters. The van der Waals surface area contributed by atoms with Crippen molar-refractivity contribution >= 4 is 35.2 Å². The fourth-order valence-corrected chi connectivity index (χ4v) is 4.63. The van der Waals surface area contributed by atoms with Gasteiger partial charge in [0.2, 0.25) is 11.8 Å². The third kappa shape index (κ3) is 4.43. The number of nitrogens with one attached hydrogen (secondary N) is 2. The molecule has 2 aromatic rings. The summed E-state index contributed by atoms with van der Waals surface area (Å²) in [5, 5.41) is 5.90. The Morgan fingerprint density at radius 2 is 2.13 bits per heavy atom. The molecule has 0 bridgehead atoms. The standard InChI is InChI=1S/C21H22N4O5S/c1-11-17(31-12(2)23-11)10-30-21(29)22-8-13-3-4-14-9-25(20(28)15(14)7-13)16-5-6-18(26)24-19(16)27/h3-4,7,16H,5-6,8-10H2,1-2H3,(H,22,29)(H,24,26,27). The van der Waals surface area contributed by atoms with E-state index in [4.69, 9.17) is 4.74 Å². The van der Waals surface area contributed by atoms with Crippen LogP contribution in [0.4, 0.5) is 4.79 Å². The van der Waals surface area contributed by atoms with E-state index in [0.29, 0.717) is 18.5 Å². The molecule has 162 valence electrons. The van der Waals surface area contributed by atoms with Crippen molar-refractivity contribution in [1.82, 2.24) is 20.5 Å². The average molecular weight is 442 g/mol. The van der Waals surface area contributed by atoms with Gasteiger partial charge in [-0.3, -0.25) is 19.7 Å². The quantitative estimate of drug-likeness (QED) is 0.684. The Bertz CT molecular complexity index is 1080. The first-order valence-corrected chi connectivity index (χ1v) is 10.7. The number of benzene rings is 1. The monoisotopic (exact) mass is 442 g/mol. The van der Waals surface area contributed by atoms with Crippen LogP contribution < -0.4 is 10.6 Å². The summed E-state index contributed by atoms with van der Waals surface area (Å²) in [5.41, 5.74) is 2.93. The molecule has 1 unspecified atom stereocenters. The minimum atomic E-state index is -0.645. The van der Waals surface area contributed by atoms with Gasteiger partial charge in [-0.05, 0) is 37.5 Å². The van der Waals surface area contributed by atoms with E-state index in [1.165, 1.54) is 16.2 Å². The van der Waals surface area contributed by atoms with Gasteiger partial charge < -0.3 is 15.0 Å². The van der Waals surface area contributed by atoms with Crippen LogP contribution in [0.3, 0.4) is 0 Å². The van der Waals surface area contributed by atoms with Crippen LogP contribution in [0.25, 0.3) is 0 Å². The van der Waals surface area contributed by atoms with Gasteiger partial charge in [0, 0.05) is 25.1 Å². The molecule has 2 N–H and O–H groups in total. The number of amides is 4. The van der Waals surface area contributed by atoms with Crippen molar-refractivity contribution in [2.24, 2.45) is 0 Å². The summed E-state index contributed by atoms with van der Waals surface area (Å²) >= 11 is 1.49. The van der Waals surface area contributed by atoms with E-state index in [1.54, 1.807) is 6.07 Å². The number of nitrogens with zero attached hydrogens (tertiary/aromatic N) is 2. The number of ether oxygens (including phenoxy) is 1. The lowest BCUT2D eigenvalue weighted by atomic mass is 10.0. The molecule has 1 fully saturated rings. The lowest BCUT2D eigenvalue weighted by molar-refractivity contribution is -0.136. The molecule has 3 heterocycles. The van der Waals surface area contributed by atoms with Crippen molar-refractivity contribution in [3.63, 3.8) is 0 Å². The van der Waals surface area contributed by atoms with Crippen LogP contribution in [-0.2, 0) is 34.0 Å². The zero-order valence-corrected chi connectivity index (χ0v) is 18.0. The van der Waals surface area contributed by atoms with Gasteiger partial charge in [-0.15, -0.1) is 11.3 Å². The van der Waals surface area contributed by atoms with Gasteiger partial charge in [-0.1, -0.05) is 12.1 Å². The predicted molar refractivity (Wildman–Crippen MR) is 111 cm³/mol. The maximum absolute atomic E-state index is 12.9. The van der Waals surface area contributed by atoms with Gasteiger partial charge in [-0.2, -0.15) is 0 Å². The van der Waals surface area contributed by atoms with Crippen molar-refractivity contribution in [2.75, 3.05) is 0 Å². The molecule has 0 saturated carbocycles. The molecule has 1 aromatic carbocycles. The highest BCUT2D eigenvalue weighted by atomic mass is 32.1. The molecular formula is C21H22N4O5S. The molecule has 0 aliphatic carbocycles. The number of alkyl carbamates (subject to hydrolysis) is 1. The Kier molecular flexibility index (Phi) is 5.73. The minimum Gasteiger partial charge on any atom is -0.444 e. The van der Waals surface area contributed by atoms with E-state index < -0.39 is 18.0 Å². The van der Waals surface area contributed by atoms with Gasteiger partial charge in [0.1, 0.15) is 12.6 Å². The molecule has 1 aromatic heterocycles. The number of hydrogen-bond acceptors (Lipinski definition) is 7. The summed E-state index contributed by atoms with van der Waals surface area (Å²) in [4.78, 5) is 55.1. The fourth-order valence-electron chi connectivity index (χ4n) is 3.78. The van der Waals surface area contributed by atoms with E-state index in [9.17, 15) is 19.2 Å². The molecule has 0 spiro atoms. The smallest absolute Gasteiger partial charge is 0.407 e. The van der Waals surface area contributed by atoms with E-state index in [1.807, 2.05) is 26.0 Å². The molecule has 10 heteroatoms. The van der Waals surface area contributed by atoms with Crippen LogP contribution in [0.5, 0.6) is 0 Å². The second-order valence-corrected chi connectivity index (χ2v) is 8.85. The highest BCUT2D eigenvalue weighted by Crippen LogP contribution is 2.28. The van der Waals surface area contributed by atoms with Crippen molar-refractivity contribution < 1.29 is 23.9 Å². The summed E-state index contributed by atoms with van der Waals surface area (Å²) in [7, 11) is 0. The third-order valence-corrected chi connectivity index (χ3v) is 6.41. The van der Waals surface area contributed by atoms with Gasteiger partial charge in [-0.25, -0.2) is 9.78 Å². The normalized spacial score (nSPS) is 18.1. The van der Waals surface area contributed by atoms with Crippen molar-refractivity contribution in [3.05, 3.63) is 50.5 Å². The maximum Gasteiger partial charge on any atom is 0.407 e. The summed E-state index contributed by atoms with van der Waals surface area (Å²) in [6.07, 6.45) is -0.0138. The second kappa shape index (κ2) is 8.46. The first-order valence-electron chi connectivity index (χ1n) is 9.92. The zero-order chi connectivity index (χ0) is 22.1. The molecule has 9 nitrogen and oxygen atoms in total. The van der Waals surface area contributed by atoms with E-state index in [-0.39, 0.29) is 31.4 Å². The second-order valence-electron chi connectivity index (χ2n) is 7.56. The van der Waals surface area contributed by atoms with Crippen molar-refractivity contribution in [1.29, 1.82) is 0 Å². The first kappa shape index (κ1) is 21.0. The zero-order valence-electron chi connectivity index (χ0n) is 17.2. The van der Waals surface area contributed by atoms with Crippen LogP contribution in [0.2, 0.25) is 0 Å². The number of hydrogen-bond donors (Lipinski definition) is 2. The largest absolute Gasteiger partial charge is 0.444 e. The molecule has 2 aliphatic heterocycles. The fraction of sp³-hybridized carbons (Fsp3) is 0.381. The number of aromatic nitrogens is 1. The Hall–Kier alpha value is -3.27. The topological polar surface area (TPSA) is 118 Å². The maximum atomic E-state index is 12.9. The number of aryl methyl sites for hydroxylation is 2. The van der Waals surface area contributed by atoms with E-state index in [0.717, 1.165) is 26.7 Å². The number of imide groups is 1. The van der Waals surface area contributed by atoms with Crippen LogP contribution in [0.15, 0.2) is 18.2 Å². The van der Waals surface area contributed by atoms with E-state index in [2.05, 4.69) is 15.6 Å². The Labute approximate surface area is 182 Å². The number of thiazole rings is 1. The van der Waals surface area contributed by atoms with Crippen molar-refractivity contribution in [2.45, 2.75) is 52.4 Å². The highest BCUT2D eigenvalue weighted by Gasteiger charge is 2.39. The molecule has 4 amide bonds. The van der Waals surface area contributed by atoms with Crippen LogP contribution in [0.1, 0.15) is 49.9 Å². The summed E-state index contributed by atoms with van der Waals surface area (Å²) in [6, 6.07) is 4.73. The van der Waals surface area contributed by atoms with Gasteiger partial charge in [0.15, 0.2) is 0 Å². The Morgan fingerprint density at radius 1 is 1.32 bits per heavy atom. The lowest BCUT2D eigenvalue weighted by Crippen LogP contribution is -2.52. The lowest BCUT2D eigenvalue weighted by Gasteiger charge is -2.29. The van der Waals surface area contributed by atoms with Gasteiger partial charge >= 0.3 is 6.09 Å². The Morgan fingerprint density at radius 3 is 2.84 bits per heavy atom. The molecular weight excluding hydrogens is 420 g/mol. The average Bonchev–Trinajstić information content (AvgIpc) is 3.23. The first-order chi connectivity index (χ1) is 14.8. The number of fused-ring (bicyclic) bond motifs is 1. The molecule has 2 aliphatic rings. The van der Waals surface area contributed by atoms with Crippen LogP contribution >= 0.6 is 11.3 Å².